The Kier molecular flexibility index (Phi) is 3.95. The number of hydrogen-bond acceptors (Lipinski definition) is 5. The maximum Gasteiger partial charge on any atom is 0.330 e. The van der Waals surface area contributed by atoms with Gasteiger partial charge in [0.25, 0.3) is 5.56 Å². The van der Waals surface area contributed by atoms with E-state index in [1.807, 2.05) is 0 Å². The van der Waals surface area contributed by atoms with E-state index in [0.29, 0.717) is 31.4 Å². The Morgan fingerprint density at radius 3 is 2.89 bits per heavy atom. The first-order chi connectivity index (χ1) is 8.65. The summed E-state index contributed by atoms with van der Waals surface area (Å²) in [4.78, 5) is 25.5. The first kappa shape index (κ1) is 13.0. The van der Waals surface area contributed by atoms with Gasteiger partial charge in [0.1, 0.15) is 6.23 Å². The van der Waals surface area contributed by atoms with Crippen LogP contribution in [0.1, 0.15) is 24.6 Å². The molecule has 0 radical (unpaired) electrons. The second-order valence-electron chi connectivity index (χ2n) is 4.33. The molecule has 1 aliphatic heterocycles. The van der Waals surface area contributed by atoms with Crippen LogP contribution in [0.25, 0.3) is 0 Å². The standard InChI is InChI=1S/C11H17N3O4/c12-4-3-7-5-14(11(17)13-10(7)16)9-2-1-8(6-15)18-9/h5,8-9,15H,1-4,6,12H2,(H,13,16,17)/t8-,9+/m0/s1. The van der Waals surface area contributed by atoms with Crippen LogP contribution in [-0.2, 0) is 11.2 Å². The zero-order valence-corrected chi connectivity index (χ0v) is 9.96. The minimum absolute atomic E-state index is 0.0652. The average Bonchev–Trinajstić information content (AvgIpc) is 2.81. The number of aliphatic hydroxyl groups is 1. The molecular weight excluding hydrogens is 238 g/mol. The lowest BCUT2D eigenvalue weighted by atomic mass is 10.2. The van der Waals surface area contributed by atoms with E-state index in [1.165, 1.54) is 10.8 Å². The van der Waals surface area contributed by atoms with Crippen LogP contribution in [0.2, 0.25) is 0 Å². The molecule has 7 nitrogen and oxygen atoms in total. The van der Waals surface area contributed by atoms with Crippen molar-refractivity contribution in [2.45, 2.75) is 31.6 Å². The van der Waals surface area contributed by atoms with Crippen LogP contribution in [0.4, 0.5) is 0 Å². The number of aromatic nitrogens is 2. The van der Waals surface area contributed by atoms with Gasteiger partial charge < -0.3 is 15.6 Å². The highest BCUT2D eigenvalue weighted by Gasteiger charge is 2.27. The van der Waals surface area contributed by atoms with E-state index in [1.54, 1.807) is 0 Å². The predicted octanol–water partition coefficient (Wildman–Crippen LogP) is -1.29. The molecule has 1 saturated heterocycles. The Labute approximate surface area is 103 Å². The predicted molar refractivity (Wildman–Crippen MR) is 64.3 cm³/mol. The van der Waals surface area contributed by atoms with E-state index >= 15 is 0 Å². The van der Waals surface area contributed by atoms with Gasteiger partial charge in [-0.15, -0.1) is 0 Å². The number of H-pyrrole nitrogens is 1. The molecule has 0 aromatic carbocycles. The van der Waals surface area contributed by atoms with Crippen LogP contribution in [0.15, 0.2) is 15.8 Å². The van der Waals surface area contributed by atoms with Crippen LogP contribution in [0.3, 0.4) is 0 Å². The number of aliphatic hydroxyl groups excluding tert-OH is 1. The highest BCUT2D eigenvalue weighted by molar-refractivity contribution is 5.05. The van der Waals surface area contributed by atoms with Crippen molar-refractivity contribution < 1.29 is 9.84 Å². The third-order valence-corrected chi connectivity index (χ3v) is 3.05. The number of rotatable bonds is 4. The number of nitrogens with two attached hydrogens (primary N) is 1. The van der Waals surface area contributed by atoms with E-state index in [9.17, 15) is 9.59 Å². The lowest BCUT2D eigenvalue weighted by Gasteiger charge is -2.15. The number of nitrogens with one attached hydrogen (secondary N) is 1. The van der Waals surface area contributed by atoms with E-state index in [4.69, 9.17) is 15.6 Å². The van der Waals surface area contributed by atoms with E-state index in [2.05, 4.69) is 4.98 Å². The summed E-state index contributed by atoms with van der Waals surface area (Å²) in [5.74, 6) is 0. The van der Waals surface area contributed by atoms with Crippen molar-refractivity contribution in [3.63, 3.8) is 0 Å². The Morgan fingerprint density at radius 2 is 2.28 bits per heavy atom. The van der Waals surface area contributed by atoms with Gasteiger partial charge in [0.15, 0.2) is 0 Å². The summed E-state index contributed by atoms with van der Waals surface area (Å²) in [5, 5.41) is 9.00. The molecule has 0 unspecified atom stereocenters. The summed E-state index contributed by atoms with van der Waals surface area (Å²) in [5.41, 5.74) is 4.98. The zero-order chi connectivity index (χ0) is 13.1. The number of ether oxygens (including phenoxy) is 1. The Balaban J connectivity index is 2.30. The molecule has 2 atom stereocenters. The van der Waals surface area contributed by atoms with Gasteiger partial charge in [0.2, 0.25) is 0 Å². The summed E-state index contributed by atoms with van der Waals surface area (Å²) in [7, 11) is 0. The second kappa shape index (κ2) is 5.47. The number of aromatic amines is 1. The Hall–Kier alpha value is -1.44. The zero-order valence-electron chi connectivity index (χ0n) is 9.96. The van der Waals surface area contributed by atoms with Crippen LogP contribution < -0.4 is 17.0 Å². The Morgan fingerprint density at radius 1 is 1.50 bits per heavy atom. The summed E-state index contributed by atoms with van der Waals surface area (Å²) >= 11 is 0. The molecule has 1 aliphatic rings. The normalized spacial score (nSPS) is 23.4. The van der Waals surface area contributed by atoms with E-state index in [0.717, 1.165) is 0 Å². The lowest BCUT2D eigenvalue weighted by molar-refractivity contribution is -0.0247. The largest absolute Gasteiger partial charge is 0.394 e. The Bertz CT molecular complexity index is 522. The van der Waals surface area contributed by atoms with Gasteiger partial charge in [-0.05, 0) is 25.8 Å². The average molecular weight is 255 g/mol. The van der Waals surface area contributed by atoms with Crippen molar-refractivity contribution in [3.8, 4) is 0 Å². The maximum absolute atomic E-state index is 11.7. The minimum Gasteiger partial charge on any atom is -0.394 e. The molecule has 0 spiro atoms. The molecule has 1 aromatic heterocycles. The molecular formula is C11H17N3O4. The summed E-state index contributed by atoms with van der Waals surface area (Å²) < 4.78 is 6.87. The minimum atomic E-state index is -0.496. The topological polar surface area (TPSA) is 110 Å². The molecule has 18 heavy (non-hydrogen) atoms. The van der Waals surface area contributed by atoms with Gasteiger partial charge >= 0.3 is 5.69 Å². The van der Waals surface area contributed by atoms with Gasteiger partial charge in [0.05, 0.1) is 12.7 Å². The number of nitrogens with zero attached hydrogens (tertiary/aromatic N) is 1. The van der Waals surface area contributed by atoms with Crippen LogP contribution in [0.5, 0.6) is 0 Å². The molecule has 0 saturated carbocycles. The van der Waals surface area contributed by atoms with Gasteiger partial charge in [-0.2, -0.15) is 0 Å². The van der Waals surface area contributed by atoms with Gasteiger partial charge in [0, 0.05) is 11.8 Å². The maximum atomic E-state index is 11.7. The quantitative estimate of drug-likeness (QED) is 0.620. The summed E-state index contributed by atoms with van der Waals surface area (Å²) in [6.45, 7) is 0.274. The first-order valence-electron chi connectivity index (χ1n) is 5.96. The van der Waals surface area contributed by atoms with Gasteiger partial charge in [-0.25, -0.2) is 4.79 Å². The summed E-state index contributed by atoms with van der Waals surface area (Å²) in [6.07, 6.45) is 2.57. The van der Waals surface area contributed by atoms with Crippen molar-refractivity contribution in [2.24, 2.45) is 5.73 Å². The lowest BCUT2D eigenvalue weighted by Crippen LogP contribution is -2.34. The number of hydrogen-bond donors (Lipinski definition) is 3. The van der Waals surface area contributed by atoms with Crippen molar-refractivity contribution >= 4 is 0 Å². The SMILES string of the molecule is NCCc1cn([C@H]2CC[C@@H](CO)O2)c(=O)[nH]c1=O. The molecule has 1 aromatic rings. The molecule has 100 valence electrons. The fraction of sp³-hybridized carbons (Fsp3) is 0.636. The second-order valence-corrected chi connectivity index (χ2v) is 4.33. The molecule has 7 heteroatoms. The smallest absolute Gasteiger partial charge is 0.330 e. The highest BCUT2D eigenvalue weighted by atomic mass is 16.5. The molecule has 0 bridgehead atoms. The fourth-order valence-corrected chi connectivity index (χ4v) is 2.10. The van der Waals surface area contributed by atoms with Crippen LogP contribution in [-0.4, -0.2) is 33.9 Å². The van der Waals surface area contributed by atoms with Gasteiger partial charge in [-0.1, -0.05) is 0 Å². The summed E-state index contributed by atoms with van der Waals surface area (Å²) in [6, 6.07) is 0. The van der Waals surface area contributed by atoms with Crippen LogP contribution in [0, 0.1) is 0 Å². The third-order valence-electron chi connectivity index (χ3n) is 3.05. The van der Waals surface area contributed by atoms with E-state index < -0.39 is 17.5 Å². The molecule has 0 aliphatic carbocycles. The molecule has 1 fully saturated rings. The van der Waals surface area contributed by atoms with Crippen molar-refractivity contribution in [2.75, 3.05) is 13.2 Å². The fourth-order valence-electron chi connectivity index (χ4n) is 2.10. The van der Waals surface area contributed by atoms with Crippen molar-refractivity contribution in [3.05, 3.63) is 32.6 Å². The molecule has 2 rings (SSSR count). The molecule has 0 amide bonds. The molecule has 2 heterocycles. The van der Waals surface area contributed by atoms with Crippen molar-refractivity contribution in [1.29, 1.82) is 0 Å². The molecule has 4 N–H and O–H groups in total. The van der Waals surface area contributed by atoms with Gasteiger partial charge in [-0.3, -0.25) is 14.3 Å². The van der Waals surface area contributed by atoms with Crippen molar-refractivity contribution in [1.82, 2.24) is 9.55 Å². The third kappa shape index (κ3) is 2.53. The highest BCUT2D eigenvalue weighted by Crippen LogP contribution is 2.26. The van der Waals surface area contributed by atoms with Crippen LogP contribution >= 0.6 is 0 Å². The monoisotopic (exact) mass is 255 g/mol. The first-order valence-corrected chi connectivity index (χ1v) is 5.96. The van der Waals surface area contributed by atoms with E-state index in [-0.39, 0.29) is 12.7 Å².